The van der Waals surface area contributed by atoms with E-state index in [1.54, 1.807) is 0 Å². The van der Waals surface area contributed by atoms with Crippen LogP contribution < -0.4 is 5.32 Å². The maximum absolute atomic E-state index is 12.3. The van der Waals surface area contributed by atoms with Gasteiger partial charge >= 0.3 is 0 Å². The zero-order chi connectivity index (χ0) is 16.1. The van der Waals surface area contributed by atoms with Gasteiger partial charge < -0.3 is 15.0 Å². The zero-order valence-electron chi connectivity index (χ0n) is 13.4. The van der Waals surface area contributed by atoms with Crippen LogP contribution in [-0.4, -0.2) is 28.7 Å². The van der Waals surface area contributed by atoms with Gasteiger partial charge in [0.2, 0.25) is 0 Å². The molecule has 2 N–H and O–H groups in total. The van der Waals surface area contributed by atoms with Crippen LogP contribution in [0.3, 0.4) is 0 Å². The number of rotatable bonds is 5. The predicted molar refractivity (Wildman–Crippen MR) is 90.7 cm³/mol. The number of benzene rings is 1. The zero-order valence-corrected chi connectivity index (χ0v) is 13.4. The molecule has 1 saturated carbocycles. The minimum atomic E-state index is -0.126. The van der Waals surface area contributed by atoms with Gasteiger partial charge in [-0.25, -0.2) is 0 Å². The minimum absolute atomic E-state index is 0.0672. The van der Waals surface area contributed by atoms with E-state index in [9.17, 15) is 9.90 Å². The van der Waals surface area contributed by atoms with Crippen molar-refractivity contribution < 1.29 is 9.90 Å². The third-order valence-electron chi connectivity index (χ3n) is 4.91. The Morgan fingerprint density at radius 1 is 1.09 bits per heavy atom. The molecule has 0 bridgehead atoms. The second-order valence-electron chi connectivity index (χ2n) is 6.54. The number of nitrogens with one attached hydrogen (secondary N) is 1. The standard InChI is InChI=1S/C19H24N2O2/c22-15-19(10-2-1-3-11-19)14-20-18(23)16-6-8-17(9-7-16)21-12-4-5-13-21/h4-9,12-13,22H,1-3,10-11,14-15H2,(H,20,23). The van der Waals surface area contributed by atoms with E-state index in [1.165, 1.54) is 6.42 Å². The number of aliphatic hydroxyl groups excluding tert-OH is 1. The van der Waals surface area contributed by atoms with Crippen molar-refractivity contribution in [3.8, 4) is 5.69 Å². The van der Waals surface area contributed by atoms with Gasteiger partial charge in [0.25, 0.3) is 5.91 Å². The Balaban J connectivity index is 1.62. The quantitative estimate of drug-likeness (QED) is 0.891. The highest BCUT2D eigenvalue weighted by Crippen LogP contribution is 2.35. The highest BCUT2D eigenvalue weighted by Gasteiger charge is 2.31. The number of nitrogens with zero attached hydrogens (tertiary/aromatic N) is 1. The van der Waals surface area contributed by atoms with Crippen LogP contribution in [0.15, 0.2) is 48.8 Å². The second kappa shape index (κ2) is 7.01. The third-order valence-corrected chi connectivity index (χ3v) is 4.91. The first kappa shape index (κ1) is 15.8. The molecule has 4 heteroatoms. The van der Waals surface area contributed by atoms with Gasteiger partial charge in [0.05, 0.1) is 6.61 Å². The molecule has 0 atom stereocenters. The highest BCUT2D eigenvalue weighted by atomic mass is 16.3. The van der Waals surface area contributed by atoms with Crippen LogP contribution in [0.25, 0.3) is 5.69 Å². The first-order valence-electron chi connectivity index (χ1n) is 8.35. The van der Waals surface area contributed by atoms with E-state index in [1.807, 2.05) is 53.4 Å². The number of carbonyl (C=O) groups is 1. The molecule has 23 heavy (non-hydrogen) atoms. The summed E-state index contributed by atoms with van der Waals surface area (Å²) in [5.74, 6) is -0.0672. The number of hydrogen-bond donors (Lipinski definition) is 2. The molecule has 1 amide bonds. The summed E-state index contributed by atoms with van der Waals surface area (Å²) >= 11 is 0. The van der Waals surface area contributed by atoms with Gasteiger partial charge in [-0.05, 0) is 49.2 Å². The molecule has 1 aliphatic carbocycles. The number of carbonyl (C=O) groups excluding carboxylic acids is 1. The van der Waals surface area contributed by atoms with Crippen LogP contribution in [0.2, 0.25) is 0 Å². The molecule has 4 nitrogen and oxygen atoms in total. The molecule has 1 heterocycles. The summed E-state index contributed by atoms with van der Waals surface area (Å²) in [5, 5.41) is 12.7. The normalized spacial score (nSPS) is 16.9. The van der Waals surface area contributed by atoms with Crippen molar-refractivity contribution in [2.24, 2.45) is 5.41 Å². The smallest absolute Gasteiger partial charge is 0.251 e. The van der Waals surface area contributed by atoms with Crippen molar-refractivity contribution in [2.75, 3.05) is 13.2 Å². The maximum atomic E-state index is 12.3. The molecule has 1 fully saturated rings. The first-order chi connectivity index (χ1) is 11.2. The van der Waals surface area contributed by atoms with E-state index < -0.39 is 0 Å². The van der Waals surface area contributed by atoms with E-state index in [0.29, 0.717) is 12.1 Å². The molecule has 1 aromatic carbocycles. The summed E-state index contributed by atoms with van der Waals surface area (Å²) in [4.78, 5) is 12.3. The van der Waals surface area contributed by atoms with Crippen molar-refractivity contribution in [3.05, 3.63) is 54.4 Å². The summed E-state index contributed by atoms with van der Waals surface area (Å²) in [6.45, 7) is 0.710. The predicted octanol–water partition coefficient (Wildman–Crippen LogP) is 3.15. The molecule has 0 saturated heterocycles. The number of amides is 1. The number of hydrogen-bond acceptors (Lipinski definition) is 2. The Morgan fingerprint density at radius 2 is 1.74 bits per heavy atom. The Hall–Kier alpha value is -2.07. The highest BCUT2D eigenvalue weighted by molar-refractivity contribution is 5.94. The minimum Gasteiger partial charge on any atom is -0.396 e. The summed E-state index contributed by atoms with van der Waals surface area (Å²) in [5.41, 5.74) is 1.56. The molecule has 0 aliphatic heterocycles. The van der Waals surface area contributed by atoms with Crippen LogP contribution in [-0.2, 0) is 0 Å². The number of aliphatic hydroxyl groups is 1. The molecule has 122 valence electrons. The fraction of sp³-hybridized carbons (Fsp3) is 0.421. The average Bonchev–Trinajstić information content (AvgIpc) is 3.15. The molecule has 2 aromatic rings. The molecule has 3 rings (SSSR count). The van der Waals surface area contributed by atoms with Gasteiger partial charge in [0.1, 0.15) is 0 Å². The third kappa shape index (κ3) is 3.64. The Labute approximate surface area is 137 Å². The SMILES string of the molecule is O=C(NCC1(CO)CCCCC1)c1ccc(-n2cccc2)cc1. The molecular weight excluding hydrogens is 288 g/mol. The molecule has 1 aliphatic rings. The fourth-order valence-corrected chi connectivity index (χ4v) is 3.35. The molecular formula is C19H24N2O2. The van der Waals surface area contributed by atoms with Crippen molar-refractivity contribution in [1.82, 2.24) is 9.88 Å². The largest absolute Gasteiger partial charge is 0.396 e. The van der Waals surface area contributed by atoms with Gasteiger partial charge in [-0.3, -0.25) is 4.79 Å². The van der Waals surface area contributed by atoms with Gasteiger partial charge in [-0.1, -0.05) is 19.3 Å². The fourth-order valence-electron chi connectivity index (χ4n) is 3.35. The van der Waals surface area contributed by atoms with Crippen LogP contribution in [0.1, 0.15) is 42.5 Å². The van der Waals surface area contributed by atoms with E-state index in [0.717, 1.165) is 31.4 Å². The van der Waals surface area contributed by atoms with Crippen molar-refractivity contribution in [2.45, 2.75) is 32.1 Å². The first-order valence-corrected chi connectivity index (χ1v) is 8.35. The molecule has 1 aromatic heterocycles. The summed E-state index contributed by atoms with van der Waals surface area (Å²) in [6, 6.07) is 11.5. The van der Waals surface area contributed by atoms with Crippen LogP contribution >= 0.6 is 0 Å². The van der Waals surface area contributed by atoms with Crippen molar-refractivity contribution >= 4 is 5.91 Å². The van der Waals surface area contributed by atoms with E-state index in [4.69, 9.17) is 0 Å². The molecule has 0 unspecified atom stereocenters. The van der Waals surface area contributed by atoms with Gasteiger partial charge in [0.15, 0.2) is 0 Å². The van der Waals surface area contributed by atoms with Gasteiger partial charge in [-0.2, -0.15) is 0 Å². The Kier molecular flexibility index (Phi) is 4.82. The van der Waals surface area contributed by atoms with E-state index >= 15 is 0 Å². The lowest BCUT2D eigenvalue weighted by atomic mass is 9.74. The Bertz CT molecular complexity index is 626. The van der Waals surface area contributed by atoms with E-state index in [2.05, 4.69) is 5.32 Å². The lowest BCUT2D eigenvalue weighted by Crippen LogP contribution is -2.41. The van der Waals surface area contributed by atoms with Crippen LogP contribution in [0.5, 0.6) is 0 Å². The van der Waals surface area contributed by atoms with Crippen LogP contribution in [0, 0.1) is 5.41 Å². The lowest BCUT2D eigenvalue weighted by Gasteiger charge is -2.35. The molecule has 0 spiro atoms. The summed E-state index contributed by atoms with van der Waals surface area (Å²) in [6.07, 6.45) is 9.46. The monoisotopic (exact) mass is 312 g/mol. The Morgan fingerprint density at radius 3 is 2.35 bits per heavy atom. The summed E-state index contributed by atoms with van der Waals surface area (Å²) in [7, 11) is 0. The van der Waals surface area contributed by atoms with Gasteiger partial charge in [-0.15, -0.1) is 0 Å². The van der Waals surface area contributed by atoms with Gasteiger partial charge in [0, 0.05) is 35.6 Å². The average molecular weight is 312 g/mol. The second-order valence-corrected chi connectivity index (χ2v) is 6.54. The summed E-state index contributed by atoms with van der Waals surface area (Å²) < 4.78 is 2.00. The maximum Gasteiger partial charge on any atom is 0.251 e. The topological polar surface area (TPSA) is 54.3 Å². The van der Waals surface area contributed by atoms with E-state index in [-0.39, 0.29) is 17.9 Å². The number of aromatic nitrogens is 1. The molecule has 0 radical (unpaired) electrons. The lowest BCUT2D eigenvalue weighted by molar-refractivity contribution is 0.0718. The van der Waals surface area contributed by atoms with Crippen LogP contribution in [0.4, 0.5) is 0 Å². The van der Waals surface area contributed by atoms with Crippen molar-refractivity contribution in [1.29, 1.82) is 0 Å². The van der Waals surface area contributed by atoms with Crippen molar-refractivity contribution in [3.63, 3.8) is 0 Å².